The van der Waals surface area contributed by atoms with Gasteiger partial charge in [0.2, 0.25) is 0 Å². The van der Waals surface area contributed by atoms with Crippen molar-refractivity contribution < 1.29 is 9.18 Å². The number of nitriles is 1. The predicted molar refractivity (Wildman–Crippen MR) is 88.6 cm³/mol. The van der Waals surface area contributed by atoms with Gasteiger partial charge in [-0.1, -0.05) is 17.7 Å². The zero-order valence-corrected chi connectivity index (χ0v) is 13.7. The fraction of sp³-hybridized carbons (Fsp3) is 0.250. The molecule has 118 valence electrons. The highest BCUT2D eigenvalue weighted by atomic mass is 35.5. The lowest BCUT2D eigenvalue weighted by molar-refractivity contribution is 0.0751. The molecule has 1 aliphatic rings. The van der Waals surface area contributed by atoms with Gasteiger partial charge in [-0.05, 0) is 23.6 Å². The van der Waals surface area contributed by atoms with Crippen molar-refractivity contribution in [3.05, 3.63) is 50.9 Å². The van der Waals surface area contributed by atoms with Gasteiger partial charge >= 0.3 is 0 Å². The van der Waals surface area contributed by atoms with Crippen LogP contribution in [-0.4, -0.2) is 37.0 Å². The van der Waals surface area contributed by atoms with E-state index < -0.39 is 5.82 Å². The van der Waals surface area contributed by atoms with E-state index in [0.717, 1.165) is 6.07 Å². The third kappa shape index (κ3) is 3.16. The molecule has 0 saturated carbocycles. The van der Waals surface area contributed by atoms with Crippen LogP contribution in [-0.2, 0) is 0 Å². The molecule has 1 aromatic carbocycles. The minimum atomic E-state index is -0.469. The summed E-state index contributed by atoms with van der Waals surface area (Å²) in [5.41, 5.74) is 0.497. The fourth-order valence-electron chi connectivity index (χ4n) is 2.57. The molecule has 0 N–H and O–H groups in total. The molecule has 0 spiro atoms. The van der Waals surface area contributed by atoms with E-state index >= 15 is 0 Å². The summed E-state index contributed by atoms with van der Waals surface area (Å²) in [6.07, 6.45) is 0. The lowest BCUT2D eigenvalue weighted by atomic mass is 10.1. The number of carbonyl (C=O) groups is 1. The highest BCUT2D eigenvalue weighted by Crippen LogP contribution is 2.28. The van der Waals surface area contributed by atoms with E-state index in [1.54, 1.807) is 11.0 Å². The van der Waals surface area contributed by atoms with Crippen LogP contribution in [0.25, 0.3) is 0 Å². The summed E-state index contributed by atoms with van der Waals surface area (Å²) in [7, 11) is 0. The number of hydrogen-bond donors (Lipinski definition) is 0. The van der Waals surface area contributed by atoms with Gasteiger partial charge in [-0.25, -0.2) is 4.39 Å². The van der Waals surface area contributed by atoms with Crippen LogP contribution < -0.4 is 4.90 Å². The maximum Gasteiger partial charge on any atom is 0.264 e. The molecule has 2 aromatic rings. The molecule has 0 radical (unpaired) electrons. The van der Waals surface area contributed by atoms with Gasteiger partial charge in [0, 0.05) is 26.2 Å². The Morgan fingerprint density at radius 1 is 1.30 bits per heavy atom. The van der Waals surface area contributed by atoms with E-state index in [-0.39, 0.29) is 16.5 Å². The average Bonchev–Trinajstić information content (AvgIpc) is 3.10. The van der Waals surface area contributed by atoms with Crippen molar-refractivity contribution in [2.45, 2.75) is 0 Å². The monoisotopic (exact) mass is 349 g/mol. The van der Waals surface area contributed by atoms with Crippen molar-refractivity contribution in [2.24, 2.45) is 0 Å². The summed E-state index contributed by atoms with van der Waals surface area (Å²) in [5.74, 6) is -0.457. The number of thiophene rings is 1. The molecule has 0 unspecified atom stereocenters. The molecule has 7 heteroatoms. The van der Waals surface area contributed by atoms with E-state index in [1.807, 2.05) is 22.4 Å². The van der Waals surface area contributed by atoms with Gasteiger partial charge in [0.1, 0.15) is 11.9 Å². The Balaban J connectivity index is 1.71. The van der Waals surface area contributed by atoms with Gasteiger partial charge in [-0.2, -0.15) is 5.26 Å². The second-order valence-electron chi connectivity index (χ2n) is 5.15. The fourth-order valence-corrected chi connectivity index (χ4v) is 3.46. The number of carbonyl (C=O) groups excluding carboxylic acids is 1. The number of piperazine rings is 1. The number of benzene rings is 1. The Morgan fingerprint density at radius 2 is 2.04 bits per heavy atom. The predicted octanol–water partition coefficient (Wildman–Crippen LogP) is 3.37. The van der Waals surface area contributed by atoms with Gasteiger partial charge in [0.05, 0.1) is 21.2 Å². The van der Waals surface area contributed by atoms with Crippen molar-refractivity contribution >= 4 is 34.5 Å². The Hall–Kier alpha value is -2.10. The Morgan fingerprint density at radius 3 is 2.65 bits per heavy atom. The molecule has 1 saturated heterocycles. The summed E-state index contributed by atoms with van der Waals surface area (Å²) in [6, 6.07) is 8.15. The van der Waals surface area contributed by atoms with Crippen molar-refractivity contribution in [1.29, 1.82) is 5.26 Å². The van der Waals surface area contributed by atoms with Crippen LogP contribution in [0.1, 0.15) is 15.2 Å². The van der Waals surface area contributed by atoms with E-state index in [2.05, 4.69) is 0 Å². The minimum absolute atomic E-state index is 0.0120. The molecular formula is C16H13ClFN3OS. The summed E-state index contributed by atoms with van der Waals surface area (Å²) in [5, 5.41) is 11.0. The third-order valence-corrected chi connectivity index (χ3v) is 4.97. The molecule has 2 heterocycles. The number of amides is 1. The summed E-state index contributed by atoms with van der Waals surface area (Å²) >= 11 is 7.41. The van der Waals surface area contributed by atoms with Gasteiger partial charge < -0.3 is 9.80 Å². The highest BCUT2D eigenvalue weighted by molar-refractivity contribution is 7.12. The van der Waals surface area contributed by atoms with Crippen molar-refractivity contribution in [1.82, 2.24) is 4.90 Å². The summed E-state index contributed by atoms with van der Waals surface area (Å²) in [4.78, 5) is 16.6. The first-order valence-corrected chi connectivity index (χ1v) is 8.33. The first-order valence-electron chi connectivity index (χ1n) is 7.07. The van der Waals surface area contributed by atoms with E-state index in [0.29, 0.717) is 36.7 Å². The van der Waals surface area contributed by atoms with Crippen LogP contribution >= 0.6 is 22.9 Å². The largest absolute Gasteiger partial charge is 0.366 e. The van der Waals surface area contributed by atoms with Crippen LogP contribution in [0.2, 0.25) is 5.02 Å². The van der Waals surface area contributed by atoms with E-state index in [9.17, 15) is 9.18 Å². The highest BCUT2D eigenvalue weighted by Gasteiger charge is 2.24. The van der Waals surface area contributed by atoms with Crippen molar-refractivity contribution in [2.75, 3.05) is 31.1 Å². The van der Waals surface area contributed by atoms with Crippen molar-refractivity contribution in [3.8, 4) is 6.07 Å². The van der Waals surface area contributed by atoms with Gasteiger partial charge in [-0.3, -0.25) is 4.79 Å². The van der Waals surface area contributed by atoms with Gasteiger partial charge in [-0.15, -0.1) is 11.3 Å². The number of halogens is 2. The SMILES string of the molecule is N#Cc1cc(F)c(N2CCN(C(=O)c3cccs3)CC2)cc1Cl. The lowest BCUT2D eigenvalue weighted by Gasteiger charge is -2.36. The molecule has 1 fully saturated rings. The number of nitrogens with zero attached hydrogens (tertiary/aromatic N) is 3. The van der Waals surface area contributed by atoms with Crippen LogP contribution in [0.5, 0.6) is 0 Å². The van der Waals surface area contributed by atoms with E-state index in [1.165, 1.54) is 17.4 Å². The van der Waals surface area contributed by atoms with Gasteiger partial charge in [0.15, 0.2) is 0 Å². The quantitative estimate of drug-likeness (QED) is 0.835. The molecule has 3 rings (SSSR count). The first-order chi connectivity index (χ1) is 11.1. The molecule has 1 amide bonds. The molecular weight excluding hydrogens is 337 g/mol. The normalized spacial score (nSPS) is 14.7. The zero-order chi connectivity index (χ0) is 16.4. The van der Waals surface area contributed by atoms with Crippen molar-refractivity contribution in [3.63, 3.8) is 0 Å². The van der Waals surface area contributed by atoms with E-state index in [4.69, 9.17) is 16.9 Å². The standard InChI is InChI=1S/C16H13ClFN3OS/c17-12-9-14(13(18)8-11(12)10-19)20-3-5-21(6-4-20)16(22)15-2-1-7-23-15/h1-2,7-9H,3-6H2. The smallest absolute Gasteiger partial charge is 0.264 e. The van der Waals surface area contributed by atoms with Crippen LogP contribution in [0, 0.1) is 17.1 Å². The maximum absolute atomic E-state index is 14.2. The molecule has 1 aliphatic heterocycles. The Labute approximate surface area is 142 Å². The zero-order valence-electron chi connectivity index (χ0n) is 12.1. The molecule has 4 nitrogen and oxygen atoms in total. The summed E-state index contributed by atoms with van der Waals surface area (Å²) < 4.78 is 14.2. The molecule has 0 atom stereocenters. The topological polar surface area (TPSA) is 47.3 Å². The molecule has 1 aromatic heterocycles. The number of hydrogen-bond acceptors (Lipinski definition) is 4. The van der Waals surface area contributed by atoms with Crippen LogP contribution in [0.4, 0.5) is 10.1 Å². The minimum Gasteiger partial charge on any atom is -0.366 e. The van der Waals surface area contributed by atoms with Crippen LogP contribution in [0.3, 0.4) is 0 Å². The number of rotatable bonds is 2. The summed E-state index contributed by atoms with van der Waals surface area (Å²) in [6.45, 7) is 2.09. The maximum atomic E-state index is 14.2. The van der Waals surface area contributed by atoms with Crippen LogP contribution in [0.15, 0.2) is 29.6 Å². The first kappa shape index (κ1) is 15.8. The van der Waals surface area contributed by atoms with Gasteiger partial charge in [0.25, 0.3) is 5.91 Å². The third-order valence-electron chi connectivity index (χ3n) is 3.80. The number of anilines is 1. The second-order valence-corrected chi connectivity index (χ2v) is 6.51. The molecule has 0 aliphatic carbocycles. The molecule has 0 bridgehead atoms. The lowest BCUT2D eigenvalue weighted by Crippen LogP contribution is -2.48. The Bertz CT molecular complexity index is 764. The second kappa shape index (κ2) is 6.57. The Kier molecular flexibility index (Phi) is 4.51. The average molecular weight is 350 g/mol. The molecule has 23 heavy (non-hydrogen) atoms.